The molecule has 0 spiro atoms. The molecule has 1 fully saturated rings. The van der Waals surface area contributed by atoms with Crippen molar-refractivity contribution in [3.8, 4) is 0 Å². The number of sulfonamides is 1. The van der Waals surface area contributed by atoms with E-state index in [1.807, 2.05) is 0 Å². The van der Waals surface area contributed by atoms with Crippen molar-refractivity contribution in [3.63, 3.8) is 0 Å². The minimum atomic E-state index is -3.99. The first-order valence-electron chi connectivity index (χ1n) is 9.03. The lowest BCUT2D eigenvalue weighted by Crippen LogP contribution is -2.31. The predicted molar refractivity (Wildman–Crippen MR) is 105 cm³/mol. The van der Waals surface area contributed by atoms with E-state index in [0.717, 1.165) is 10.4 Å². The van der Waals surface area contributed by atoms with Crippen LogP contribution in [-0.4, -0.2) is 44.7 Å². The van der Waals surface area contributed by atoms with Gasteiger partial charge in [-0.05, 0) is 43.2 Å². The summed E-state index contributed by atoms with van der Waals surface area (Å²) in [5, 5.41) is 2.53. The number of anilines is 1. The van der Waals surface area contributed by atoms with Gasteiger partial charge >= 0.3 is 0 Å². The third-order valence-corrected chi connectivity index (χ3v) is 8.60. The van der Waals surface area contributed by atoms with Crippen LogP contribution in [0.4, 0.5) is 5.69 Å². The molecule has 152 valence electrons. The Balaban J connectivity index is 1.68. The Labute approximate surface area is 168 Å². The fourth-order valence-corrected chi connectivity index (χ4v) is 6.14. The molecule has 2 aromatic carbocycles. The number of hydrogen-bond donors (Lipinski definition) is 1. The number of para-hydroxylation sites is 1. The lowest BCUT2D eigenvalue weighted by atomic mass is 10.1. The Kier molecular flexibility index (Phi) is 4.50. The van der Waals surface area contributed by atoms with E-state index in [9.17, 15) is 26.4 Å². The van der Waals surface area contributed by atoms with Gasteiger partial charge in [0.15, 0.2) is 9.84 Å². The summed E-state index contributed by atoms with van der Waals surface area (Å²) in [5.41, 5.74) is 0.169. The Morgan fingerprint density at radius 2 is 1.86 bits per heavy atom. The summed E-state index contributed by atoms with van der Waals surface area (Å²) in [6, 6.07) is 9.52. The van der Waals surface area contributed by atoms with Gasteiger partial charge in [0.05, 0.1) is 21.9 Å². The number of rotatable bonds is 5. The number of hydrogen-bond acceptors (Lipinski definition) is 6. The summed E-state index contributed by atoms with van der Waals surface area (Å²) >= 11 is 0. The van der Waals surface area contributed by atoms with Crippen LogP contribution in [0.1, 0.15) is 40.5 Å². The van der Waals surface area contributed by atoms with E-state index in [2.05, 4.69) is 5.32 Å². The van der Waals surface area contributed by atoms with Crippen LogP contribution < -0.4 is 5.32 Å². The molecule has 8 nitrogen and oxygen atoms in total. The third kappa shape index (κ3) is 3.22. The standard InChI is InChI=1S/C19H18N2O6S2/c1-2-28(24,25)16-6-4-3-5-15(16)20-18(22)12-7-10-14-17(11-12)29(26,27)21(19(14)23)13-8-9-13/h3-7,10-11,13H,2,8-9H2,1H3,(H,20,22). The van der Waals surface area contributed by atoms with Gasteiger partial charge < -0.3 is 5.32 Å². The maximum Gasteiger partial charge on any atom is 0.269 e. The second-order valence-electron chi connectivity index (χ2n) is 6.90. The molecule has 2 amide bonds. The molecule has 0 bridgehead atoms. The molecule has 1 heterocycles. The molecular weight excluding hydrogens is 416 g/mol. The van der Waals surface area contributed by atoms with E-state index in [0.29, 0.717) is 12.8 Å². The molecule has 0 aromatic heterocycles. The van der Waals surface area contributed by atoms with Crippen molar-refractivity contribution in [2.45, 2.75) is 35.6 Å². The Morgan fingerprint density at radius 1 is 1.17 bits per heavy atom. The molecule has 29 heavy (non-hydrogen) atoms. The van der Waals surface area contributed by atoms with Crippen molar-refractivity contribution in [1.82, 2.24) is 4.31 Å². The van der Waals surface area contributed by atoms with E-state index < -0.39 is 31.7 Å². The van der Waals surface area contributed by atoms with Gasteiger partial charge in [-0.3, -0.25) is 9.59 Å². The highest BCUT2D eigenvalue weighted by Crippen LogP contribution is 2.39. The minimum absolute atomic E-state index is 0.0142. The second-order valence-corrected chi connectivity index (χ2v) is 10.9. The molecule has 2 aromatic rings. The van der Waals surface area contributed by atoms with Gasteiger partial charge in [-0.1, -0.05) is 19.1 Å². The van der Waals surface area contributed by atoms with Crippen LogP contribution in [0.2, 0.25) is 0 Å². The number of nitrogens with one attached hydrogen (secondary N) is 1. The topological polar surface area (TPSA) is 118 Å². The van der Waals surface area contributed by atoms with Crippen molar-refractivity contribution >= 4 is 37.4 Å². The van der Waals surface area contributed by atoms with E-state index in [4.69, 9.17) is 0 Å². The molecule has 0 radical (unpaired) electrons. The monoisotopic (exact) mass is 434 g/mol. The van der Waals surface area contributed by atoms with Crippen LogP contribution in [-0.2, 0) is 19.9 Å². The maximum absolute atomic E-state index is 12.7. The van der Waals surface area contributed by atoms with Crippen molar-refractivity contribution < 1.29 is 26.4 Å². The summed E-state index contributed by atoms with van der Waals surface area (Å²) in [6.07, 6.45) is 1.27. The molecule has 10 heteroatoms. The smallest absolute Gasteiger partial charge is 0.269 e. The maximum atomic E-state index is 12.7. The average molecular weight is 434 g/mol. The normalized spacial score (nSPS) is 17.8. The number of carbonyl (C=O) groups is 2. The summed E-state index contributed by atoms with van der Waals surface area (Å²) in [7, 11) is -7.55. The first kappa shape index (κ1) is 19.6. The first-order valence-corrected chi connectivity index (χ1v) is 12.1. The summed E-state index contributed by atoms with van der Waals surface area (Å²) in [5.74, 6) is -1.37. The largest absolute Gasteiger partial charge is 0.321 e. The summed E-state index contributed by atoms with van der Waals surface area (Å²) in [4.78, 5) is 24.9. The van der Waals surface area contributed by atoms with Gasteiger partial charge in [-0.15, -0.1) is 0 Å². The van der Waals surface area contributed by atoms with E-state index in [1.165, 1.54) is 31.2 Å². The number of nitrogens with zero attached hydrogens (tertiary/aromatic N) is 1. The highest BCUT2D eigenvalue weighted by Gasteiger charge is 2.48. The van der Waals surface area contributed by atoms with Gasteiger partial charge in [-0.25, -0.2) is 21.1 Å². The zero-order chi connectivity index (χ0) is 21.0. The van der Waals surface area contributed by atoms with Gasteiger partial charge in [0.25, 0.3) is 21.8 Å². The van der Waals surface area contributed by atoms with E-state index in [1.54, 1.807) is 12.1 Å². The molecule has 1 aliphatic heterocycles. The Hall–Kier alpha value is -2.72. The van der Waals surface area contributed by atoms with E-state index >= 15 is 0 Å². The average Bonchev–Trinajstić information content (AvgIpc) is 3.49. The van der Waals surface area contributed by atoms with Crippen LogP contribution >= 0.6 is 0 Å². The molecule has 1 aliphatic carbocycles. The quantitative estimate of drug-likeness (QED) is 0.769. The van der Waals surface area contributed by atoms with Crippen LogP contribution in [0.15, 0.2) is 52.3 Å². The second kappa shape index (κ2) is 6.67. The molecule has 0 atom stereocenters. The molecule has 0 saturated heterocycles. The lowest BCUT2D eigenvalue weighted by molar-refractivity contribution is 0.0864. The van der Waals surface area contributed by atoms with Crippen molar-refractivity contribution in [1.29, 1.82) is 0 Å². The fraction of sp³-hybridized carbons (Fsp3) is 0.263. The van der Waals surface area contributed by atoms with Crippen LogP contribution in [0.3, 0.4) is 0 Å². The molecular formula is C19H18N2O6S2. The summed E-state index contributed by atoms with van der Waals surface area (Å²) in [6.45, 7) is 1.50. The third-order valence-electron chi connectivity index (χ3n) is 4.94. The zero-order valence-electron chi connectivity index (χ0n) is 15.5. The number of benzene rings is 2. The molecule has 4 rings (SSSR count). The Bertz CT molecular complexity index is 1250. The van der Waals surface area contributed by atoms with Crippen molar-refractivity contribution in [2.24, 2.45) is 0 Å². The SMILES string of the molecule is CCS(=O)(=O)c1ccccc1NC(=O)c1ccc2c(c1)S(=O)(=O)N(C1CC1)C2=O. The number of fused-ring (bicyclic) bond motifs is 1. The molecule has 0 unspecified atom stereocenters. The van der Waals surface area contributed by atoms with Gasteiger partial charge in [0, 0.05) is 11.6 Å². The van der Waals surface area contributed by atoms with Crippen LogP contribution in [0.5, 0.6) is 0 Å². The van der Waals surface area contributed by atoms with Crippen molar-refractivity contribution in [3.05, 3.63) is 53.6 Å². The van der Waals surface area contributed by atoms with Gasteiger partial charge in [0.2, 0.25) is 0 Å². The lowest BCUT2D eigenvalue weighted by Gasteiger charge is -2.13. The van der Waals surface area contributed by atoms with E-state index in [-0.39, 0.29) is 38.4 Å². The Morgan fingerprint density at radius 3 is 2.52 bits per heavy atom. The highest BCUT2D eigenvalue weighted by molar-refractivity contribution is 7.91. The molecule has 1 N–H and O–H groups in total. The van der Waals surface area contributed by atoms with Crippen LogP contribution in [0, 0.1) is 0 Å². The van der Waals surface area contributed by atoms with Crippen LogP contribution in [0.25, 0.3) is 0 Å². The van der Waals surface area contributed by atoms with Crippen molar-refractivity contribution in [2.75, 3.05) is 11.1 Å². The number of carbonyl (C=O) groups excluding carboxylic acids is 2. The van der Waals surface area contributed by atoms with Gasteiger partial charge in [-0.2, -0.15) is 0 Å². The minimum Gasteiger partial charge on any atom is -0.321 e. The zero-order valence-corrected chi connectivity index (χ0v) is 17.1. The number of amides is 2. The predicted octanol–water partition coefficient (Wildman–Crippen LogP) is 2.04. The van der Waals surface area contributed by atoms with Gasteiger partial charge in [0.1, 0.15) is 4.90 Å². The molecule has 1 saturated carbocycles. The number of sulfone groups is 1. The molecule has 2 aliphatic rings. The summed E-state index contributed by atoms with van der Waals surface area (Å²) < 4.78 is 50.8. The highest BCUT2D eigenvalue weighted by atomic mass is 32.2. The first-order chi connectivity index (χ1) is 13.7. The fourth-order valence-electron chi connectivity index (χ4n) is 3.25.